The average Bonchev–Trinajstić information content (AvgIpc) is 0.700. The van der Waals surface area contributed by atoms with Gasteiger partial charge in [-0.15, -0.1) is 0 Å². The summed E-state index contributed by atoms with van der Waals surface area (Å²) in [6.45, 7) is 38.8. The lowest BCUT2D eigenvalue weighted by Crippen LogP contribution is -2.63. The van der Waals surface area contributed by atoms with Gasteiger partial charge in [0.2, 0.25) is 0 Å². The molecule has 0 radical (unpaired) electrons. The van der Waals surface area contributed by atoms with E-state index in [2.05, 4.69) is 27.7 Å². The SMILES string of the molecule is CC.CC.CC.CCC(C)(C)C(=O)OC12CC3CC(C1)CC(C(=O)OC(C)(C)C14CC5CC(CC(C5)C1)C4)(C3)C2.CCC(C)(C)C(=O)OC12CC3CC(C1)CC(C(=O)OC1(C)C4CC5CC(C4)CC1C5)(C3)C2.CCC(C)(C)C(=O)OC12CC3CC(C1)CC(C(=O)OC1(C)CCCCC1)(C3)C2. The molecule has 0 saturated heterocycles. The molecule has 21 saturated carbocycles. The molecule has 6 atom stereocenters. The van der Waals surface area contributed by atoms with Gasteiger partial charge >= 0.3 is 35.8 Å². The third-order valence-corrected chi connectivity index (χ3v) is 31.5. The summed E-state index contributed by atoms with van der Waals surface area (Å²) in [6, 6.07) is 0. The van der Waals surface area contributed by atoms with E-state index in [1.807, 2.05) is 104 Å². The topological polar surface area (TPSA) is 158 Å². The molecule has 0 amide bonds. The van der Waals surface area contributed by atoms with Gasteiger partial charge in [0, 0.05) is 24.7 Å². The van der Waals surface area contributed by atoms with E-state index in [4.69, 9.17) is 28.4 Å². The second kappa shape index (κ2) is 28.2. The highest BCUT2D eigenvalue weighted by Gasteiger charge is 2.69. The Bertz CT molecular complexity index is 2860. The smallest absolute Gasteiger partial charge is 0.312 e. The van der Waals surface area contributed by atoms with Gasteiger partial charge < -0.3 is 28.4 Å². The third-order valence-electron chi connectivity index (χ3n) is 31.5. The van der Waals surface area contributed by atoms with E-state index < -0.39 is 54.9 Å². The highest BCUT2D eigenvalue weighted by Crippen LogP contribution is 2.70. The fraction of sp³-hybridized carbons (Fsp3) is 0.932. The van der Waals surface area contributed by atoms with Crippen LogP contribution in [0.5, 0.6) is 0 Å². The zero-order valence-electron chi connectivity index (χ0n) is 67.1. The van der Waals surface area contributed by atoms with Crippen molar-refractivity contribution in [2.45, 2.75) is 403 Å². The minimum Gasteiger partial charge on any atom is -0.459 e. The molecule has 20 bridgehead atoms. The molecule has 21 aliphatic carbocycles. The van der Waals surface area contributed by atoms with Gasteiger partial charge in [-0.3, -0.25) is 28.8 Å². The number of ether oxygens (including phenoxy) is 6. The normalized spacial score (nSPS) is 43.0. The Morgan fingerprint density at radius 3 is 0.920 bits per heavy atom. The highest BCUT2D eigenvalue weighted by molar-refractivity contribution is 5.82. The van der Waals surface area contributed by atoms with E-state index in [1.165, 1.54) is 96.3 Å². The molecule has 12 heteroatoms. The Balaban J connectivity index is 0.000000146. The summed E-state index contributed by atoms with van der Waals surface area (Å²) < 4.78 is 38.5. The molecular weight excluding hydrogens is 1250 g/mol. The summed E-state index contributed by atoms with van der Waals surface area (Å²) in [5.41, 5.74) is -4.91. The van der Waals surface area contributed by atoms with Crippen LogP contribution in [0.25, 0.3) is 0 Å². The molecule has 100 heavy (non-hydrogen) atoms. The lowest BCUT2D eigenvalue weighted by molar-refractivity contribution is -0.238. The number of carbonyl (C=O) groups excluding carboxylic acids is 6. The van der Waals surface area contributed by atoms with Crippen molar-refractivity contribution in [2.24, 2.45) is 115 Å². The molecule has 0 aromatic heterocycles. The quantitative estimate of drug-likeness (QED) is 0.107. The van der Waals surface area contributed by atoms with Crippen molar-refractivity contribution in [2.75, 3.05) is 0 Å². The number of hydrogen-bond acceptors (Lipinski definition) is 12. The molecule has 6 unspecified atom stereocenters. The summed E-state index contributed by atoms with van der Waals surface area (Å²) in [5.74, 6) is 8.10. The van der Waals surface area contributed by atoms with Gasteiger partial charge in [0.25, 0.3) is 0 Å². The number of rotatable bonds is 16. The molecule has 568 valence electrons. The molecule has 12 nitrogen and oxygen atoms in total. The Morgan fingerprint density at radius 1 is 0.330 bits per heavy atom. The van der Waals surface area contributed by atoms with Crippen molar-refractivity contribution < 1.29 is 57.2 Å². The fourth-order valence-corrected chi connectivity index (χ4v) is 26.7. The predicted molar refractivity (Wildman–Crippen MR) is 394 cm³/mol. The molecule has 0 aromatic rings. The zero-order chi connectivity index (χ0) is 72.9. The largest absolute Gasteiger partial charge is 0.459 e. The van der Waals surface area contributed by atoms with Crippen LogP contribution in [0.1, 0.15) is 369 Å². The van der Waals surface area contributed by atoms with E-state index in [9.17, 15) is 28.8 Å². The van der Waals surface area contributed by atoms with E-state index in [0.717, 1.165) is 152 Å². The van der Waals surface area contributed by atoms with Crippen LogP contribution in [0, 0.1) is 115 Å². The van der Waals surface area contributed by atoms with Crippen LogP contribution < -0.4 is 0 Å². The number of carbonyl (C=O) groups is 6. The van der Waals surface area contributed by atoms with Crippen LogP contribution in [0.3, 0.4) is 0 Å². The Morgan fingerprint density at radius 2 is 0.610 bits per heavy atom. The second-order valence-electron chi connectivity index (χ2n) is 40.5. The van der Waals surface area contributed by atoms with E-state index in [1.54, 1.807) is 0 Å². The Hall–Kier alpha value is -3.18. The van der Waals surface area contributed by atoms with Crippen LogP contribution in [-0.4, -0.2) is 69.4 Å². The molecule has 0 aromatic carbocycles. The summed E-state index contributed by atoms with van der Waals surface area (Å²) in [4.78, 5) is 80.7. The van der Waals surface area contributed by atoms with Crippen LogP contribution in [0.15, 0.2) is 0 Å². The third kappa shape index (κ3) is 14.5. The van der Waals surface area contributed by atoms with Crippen LogP contribution in [0.2, 0.25) is 0 Å². The Labute approximate surface area is 607 Å². The van der Waals surface area contributed by atoms with Crippen molar-refractivity contribution in [1.29, 1.82) is 0 Å². The van der Waals surface area contributed by atoms with Gasteiger partial charge in [-0.25, -0.2) is 0 Å². The maximum atomic E-state index is 14.1. The minimum atomic E-state index is -0.475. The van der Waals surface area contributed by atoms with Crippen molar-refractivity contribution >= 4 is 35.8 Å². The van der Waals surface area contributed by atoms with Crippen LogP contribution >= 0.6 is 0 Å². The predicted octanol–water partition coefficient (Wildman–Crippen LogP) is 21.6. The molecule has 0 N–H and O–H groups in total. The minimum absolute atomic E-state index is 0.00109. The standard InChI is InChI=1S/C30H46O4.C28H42O4.C24H38O4.3C2H6/c1-6-26(2,3)24(31)34-30-16-22-10-23(17-30)12-28(11-22,18-30)25(32)33-27(4,5)29-13-19-7-20(14-29)9-21(8-19)15-29;1-5-25(2,3)23(29)32-28-14-19-7-20(15-28)13-27(12-19,16-28)24(30)31-26(4)21-8-17-6-18(10-21)11-22(26)9-17;1-5-21(2,3)19(25)28-24-14-17-11-18(15-24)13-23(12-17,16-24)20(26)27-22(4)9-7-6-8-10-22;3*1-2/h19-23H,6-18H2,1-5H3;17-22H,5-16H2,1-4H3;17-18H,5-16H2,1-4H3;3*1-2H3. The maximum Gasteiger partial charge on any atom is 0.312 e. The van der Waals surface area contributed by atoms with Gasteiger partial charge in [0.15, 0.2) is 0 Å². The maximum absolute atomic E-state index is 14.1. The van der Waals surface area contributed by atoms with Crippen LogP contribution in [-0.2, 0) is 57.2 Å². The molecule has 0 spiro atoms. The Kier molecular flexibility index (Phi) is 22.0. The second-order valence-corrected chi connectivity index (χ2v) is 40.5. The van der Waals surface area contributed by atoms with E-state index >= 15 is 0 Å². The molecule has 21 fully saturated rings. The highest BCUT2D eigenvalue weighted by atomic mass is 16.6. The lowest BCUT2D eigenvalue weighted by atomic mass is 9.45. The first kappa shape index (κ1) is 77.9. The van der Waals surface area contributed by atoms with Crippen molar-refractivity contribution in [3.8, 4) is 0 Å². The molecule has 0 heterocycles. The average molecular weight is 1390 g/mol. The van der Waals surface area contributed by atoms with Crippen molar-refractivity contribution in [1.82, 2.24) is 0 Å². The van der Waals surface area contributed by atoms with Gasteiger partial charge in [0.05, 0.1) is 32.5 Å². The number of esters is 6. The van der Waals surface area contributed by atoms with Crippen molar-refractivity contribution in [3.63, 3.8) is 0 Å². The van der Waals surface area contributed by atoms with Gasteiger partial charge in [-0.2, -0.15) is 0 Å². The zero-order valence-corrected chi connectivity index (χ0v) is 67.1. The first-order valence-electron chi connectivity index (χ1n) is 42.4. The van der Waals surface area contributed by atoms with Crippen molar-refractivity contribution in [3.05, 3.63) is 0 Å². The first-order chi connectivity index (χ1) is 47.0. The van der Waals surface area contributed by atoms with Gasteiger partial charge in [-0.1, -0.05) is 68.7 Å². The summed E-state index contributed by atoms with van der Waals surface area (Å²) in [6.07, 6.45) is 38.9. The molecule has 0 aliphatic heterocycles. The first-order valence-corrected chi connectivity index (χ1v) is 42.4. The lowest BCUT2D eigenvalue weighted by Gasteiger charge is -2.63. The summed E-state index contributed by atoms with van der Waals surface area (Å²) in [7, 11) is 0. The molecule has 21 rings (SSSR count). The molecular formula is C88H144O12. The van der Waals surface area contributed by atoms with E-state index in [0.29, 0.717) is 66.6 Å². The molecule has 21 aliphatic rings. The summed E-state index contributed by atoms with van der Waals surface area (Å²) >= 11 is 0. The van der Waals surface area contributed by atoms with Crippen LogP contribution in [0.4, 0.5) is 0 Å². The summed E-state index contributed by atoms with van der Waals surface area (Å²) in [5, 5.41) is 0. The van der Waals surface area contributed by atoms with Gasteiger partial charge in [0.1, 0.15) is 33.6 Å². The van der Waals surface area contributed by atoms with E-state index in [-0.39, 0.29) is 52.4 Å². The fourth-order valence-electron chi connectivity index (χ4n) is 26.7. The monoisotopic (exact) mass is 1390 g/mol. The number of hydrogen-bond donors (Lipinski definition) is 0. The van der Waals surface area contributed by atoms with Gasteiger partial charge in [-0.05, 0) is 358 Å².